The number of halogens is 3. The molecular formula is C20H31F3N2O4S. The number of nitrogens with zero attached hydrogens (tertiary/aromatic N) is 2. The van der Waals surface area contributed by atoms with Gasteiger partial charge in [0.25, 0.3) is 0 Å². The Bertz CT molecular complexity index is 742. The number of aliphatic hydroxyl groups is 2. The van der Waals surface area contributed by atoms with E-state index in [9.17, 15) is 21.6 Å². The van der Waals surface area contributed by atoms with Crippen molar-refractivity contribution in [1.82, 2.24) is 9.21 Å². The average Bonchev–Trinajstić information content (AvgIpc) is 2.69. The lowest BCUT2D eigenvalue weighted by Crippen LogP contribution is -2.37. The van der Waals surface area contributed by atoms with Crippen molar-refractivity contribution in [1.29, 1.82) is 0 Å². The molecule has 0 amide bonds. The molecule has 1 fully saturated rings. The zero-order chi connectivity index (χ0) is 22.4. The maximum atomic E-state index is 12.7. The Morgan fingerprint density at radius 1 is 0.933 bits per heavy atom. The molecule has 0 heterocycles. The maximum Gasteiger partial charge on any atom is 0.416 e. The molecule has 0 aliphatic heterocycles. The van der Waals surface area contributed by atoms with Gasteiger partial charge in [0.2, 0.25) is 10.0 Å². The van der Waals surface area contributed by atoms with Gasteiger partial charge >= 0.3 is 6.18 Å². The normalized spacial score (nSPS) is 20.8. The van der Waals surface area contributed by atoms with Gasteiger partial charge in [-0.2, -0.15) is 13.2 Å². The smallest absolute Gasteiger partial charge is 0.395 e. The Morgan fingerprint density at radius 3 is 1.83 bits per heavy atom. The Labute approximate surface area is 176 Å². The first-order valence-electron chi connectivity index (χ1n) is 10.2. The minimum absolute atomic E-state index is 0.0436. The standard InChI is InChI=1S/C20H31F3N2O4S/c1-24(30(28,29)19-8-6-18(7-9-19)20(21,22)23)14-16-2-4-17(5-3-16)15-25(10-12-26)11-13-27/h6-9,16-17,26-27H,2-5,10-15H2,1H3/t16-,17-. The molecule has 10 heteroatoms. The fourth-order valence-electron chi connectivity index (χ4n) is 4.00. The molecule has 1 aliphatic rings. The van der Waals surface area contributed by atoms with Crippen LogP contribution in [-0.4, -0.2) is 74.3 Å². The molecule has 172 valence electrons. The van der Waals surface area contributed by atoms with E-state index in [0.29, 0.717) is 25.6 Å². The summed E-state index contributed by atoms with van der Waals surface area (Å²) < 4.78 is 64.7. The summed E-state index contributed by atoms with van der Waals surface area (Å²) in [5.74, 6) is 0.635. The minimum atomic E-state index is -4.50. The first-order valence-corrected chi connectivity index (χ1v) is 11.6. The molecule has 1 aromatic rings. The van der Waals surface area contributed by atoms with Gasteiger partial charge in [0, 0.05) is 33.2 Å². The van der Waals surface area contributed by atoms with Gasteiger partial charge in [-0.05, 0) is 61.8 Å². The van der Waals surface area contributed by atoms with E-state index < -0.39 is 21.8 Å². The quantitative estimate of drug-likeness (QED) is 0.570. The third-order valence-electron chi connectivity index (χ3n) is 5.72. The van der Waals surface area contributed by atoms with Crippen molar-refractivity contribution < 1.29 is 31.8 Å². The molecule has 2 N–H and O–H groups in total. The zero-order valence-corrected chi connectivity index (χ0v) is 18.0. The van der Waals surface area contributed by atoms with Crippen LogP contribution in [0.25, 0.3) is 0 Å². The summed E-state index contributed by atoms with van der Waals surface area (Å²) >= 11 is 0. The van der Waals surface area contributed by atoms with E-state index in [-0.39, 0.29) is 24.0 Å². The molecule has 0 bridgehead atoms. The molecule has 0 atom stereocenters. The van der Waals surface area contributed by atoms with E-state index >= 15 is 0 Å². The molecule has 0 unspecified atom stereocenters. The van der Waals surface area contributed by atoms with Crippen LogP contribution in [0.5, 0.6) is 0 Å². The fourth-order valence-corrected chi connectivity index (χ4v) is 5.24. The van der Waals surface area contributed by atoms with Gasteiger partial charge in [0.15, 0.2) is 0 Å². The van der Waals surface area contributed by atoms with Crippen LogP contribution in [0.2, 0.25) is 0 Å². The highest BCUT2D eigenvalue weighted by molar-refractivity contribution is 7.89. The van der Waals surface area contributed by atoms with Crippen molar-refractivity contribution in [2.24, 2.45) is 11.8 Å². The number of rotatable bonds is 10. The van der Waals surface area contributed by atoms with Gasteiger partial charge in [0.1, 0.15) is 0 Å². The van der Waals surface area contributed by atoms with Gasteiger partial charge in [-0.1, -0.05) is 0 Å². The van der Waals surface area contributed by atoms with Crippen LogP contribution in [0.1, 0.15) is 31.2 Å². The van der Waals surface area contributed by atoms with E-state index in [1.54, 1.807) is 0 Å². The summed E-state index contributed by atoms with van der Waals surface area (Å²) in [5, 5.41) is 18.2. The molecule has 0 radical (unpaired) electrons. The molecule has 0 spiro atoms. The van der Waals surface area contributed by atoms with E-state index in [1.807, 2.05) is 4.90 Å². The van der Waals surface area contributed by atoms with Crippen LogP contribution >= 0.6 is 0 Å². The van der Waals surface area contributed by atoms with Gasteiger partial charge in [-0.25, -0.2) is 12.7 Å². The summed E-state index contributed by atoms with van der Waals surface area (Å²) in [6.07, 6.45) is -0.900. The number of aliphatic hydroxyl groups excluding tert-OH is 2. The summed E-state index contributed by atoms with van der Waals surface area (Å²) in [6.45, 7) is 2.26. The molecule has 1 saturated carbocycles. The number of sulfonamides is 1. The molecular weight excluding hydrogens is 421 g/mol. The second-order valence-electron chi connectivity index (χ2n) is 7.94. The molecule has 2 rings (SSSR count). The predicted molar refractivity (Wildman–Crippen MR) is 107 cm³/mol. The first kappa shape index (κ1) is 25.1. The van der Waals surface area contributed by atoms with Crippen LogP contribution < -0.4 is 0 Å². The largest absolute Gasteiger partial charge is 0.416 e. The van der Waals surface area contributed by atoms with Gasteiger partial charge in [-0.3, -0.25) is 4.90 Å². The van der Waals surface area contributed by atoms with Crippen molar-refractivity contribution >= 4 is 10.0 Å². The number of hydrogen-bond acceptors (Lipinski definition) is 5. The van der Waals surface area contributed by atoms with Crippen LogP contribution in [0, 0.1) is 11.8 Å². The lowest BCUT2D eigenvalue weighted by molar-refractivity contribution is -0.137. The molecule has 1 aromatic carbocycles. The van der Waals surface area contributed by atoms with E-state index in [1.165, 1.54) is 11.4 Å². The molecule has 1 aliphatic carbocycles. The topological polar surface area (TPSA) is 81.1 Å². The highest BCUT2D eigenvalue weighted by atomic mass is 32.2. The van der Waals surface area contributed by atoms with Crippen molar-refractivity contribution in [2.45, 2.75) is 36.8 Å². The molecule has 30 heavy (non-hydrogen) atoms. The third-order valence-corrected chi connectivity index (χ3v) is 7.56. The third kappa shape index (κ3) is 6.91. The second-order valence-corrected chi connectivity index (χ2v) is 9.99. The van der Waals surface area contributed by atoms with Crippen LogP contribution in [0.15, 0.2) is 29.2 Å². The summed E-state index contributed by atoms with van der Waals surface area (Å²) in [4.78, 5) is 1.89. The molecule has 6 nitrogen and oxygen atoms in total. The summed E-state index contributed by atoms with van der Waals surface area (Å²) in [5.41, 5.74) is -0.876. The molecule has 0 saturated heterocycles. The van der Waals surface area contributed by atoms with Gasteiger partial charge in [-0.15, -0.1) is 0 Å². The van der Waals surface area contributed by atoms with Crippen molar-refractivity contribution in [3.63, 3.8) is 0 Å². The second kappa shape index (κ2) is 10.9. The van der Waals surface area contributed by atoms with Crippen molar-refractivity contribution in [3.8, 4) is 0 Å². The Hall–Kier alpha value is -1.20. The lowest BCUT2D eigenvalue weighted by atomic mass is 9.81. The average molecular weight is 453 g/mol. The Morgan fingerprint density at radius 2 is 1.40 bits per heavy atom. The number of hydrogen-bond donors (Lipinski definition) is 2. The minimum Gasteiger partial charge on any atom is -0.395 e. The van der Waals surface area contributed by atoms with E-state index in [0.717, 1.165) is 56.5 Å². The predicted octanol–water partition coefficient (Wildman–Crippen LogP) is 2.42. The monoisotopic (exact) mass is 452 g/mol. The summed E-state index contributed by atoms with van der Waals surface area (Å²) in [6, 6.07) is 3.58. The van der Waals surface area contributed by atoms with E-state index in [2.05, 4.69) is 0 Å². The molecule has 0 aromatic heterocycles. The van der Waals surface area contributed by atoms with E-state index in [4.69, 9.17) is 10.2 Å². The van der Waals surface area contributed by atoms with Crippen LogP contribution in [0.4, 0.5) is 13.2 Å². The zero-order valence-electron chi connectivity index (χ0n) is 17.2. The highest BCUT2D eigenvalue weighted by Gasteiger charge is 2.32. The lowest BCUT2D eigenvalue weighted by Gasteiger charge is -2.33. The van der Waals surface area contributed by atoms with Crippen molar-refractivity contribution in [3.05, 3.63) is 29.8 Å². The number of benzene rings is 1. The van der Waals surface area contributed by atoms with Gasteiger partial charge in [0.05, 0.1) is 23.7 Å². The highest BCUT2D eigenvalue weighted by Crippen LogP contribution is 2.32. The SMILES string of the molecule is CN(C[C@H]1CC[C@H](CN(CCO)CCO)CC1)S(=O)(=O)c1ccc(C(F)(F)F)cc1. The first-order chi connectivity index (χ1) is 14.1. The maximum absolute atomic E-state index is 12.7. The van der Waals surface area contributed by atoms with Gasteiger partial charge < -0.3 is 10.2 Å². The Kier molecular flexibility index (Phi) is 9.11. The van der Waals surface area contributed by atoms with Crippen molar-refractivity contribution in [2.75, 3.05) is 46.4 Å². The van der Waals surface area contributed by atoms with Crippen LogP contribution in [0.3, 0.4) is 0 Å². The number of alkyl halides is 3. The summed E-state index contributed by atoms with van der Waals surface area (Å²) in [7, 11) is -2.38. The Balaban J connectivity index is 1.89. The fraction of sp³-hybridized carbons (Fsp3) is 0.700. The van der Waals surface area contributed by atoms with Crippen LogP contribution in [-0.2, 0) is 16.2 Å².